The van der Waals surface area contributed by atoms with Gasteiger partial charge in [-0.05, 0) is 43.2 Å². The van der Waals surface area contributed by atoms with Crippen LogP contribution in [0.15, 0.2) is 16.9 Å². The first kappa shape index (κ1) is 11.5. The van der Waals surface area contributed by atoms with Crippen LogP contribution in [0.5, 0.6) is 0 Å². The Morgan fingerprint density at radius 2 is 2.28 bits per heavy atom. The molecule has 18 heavy (non-hydrogen) atoms. The van der Waals surface area contributed by atoms with E-state index in [0.717, 1.165) is 35.8 Å². The molecule has 1 aliphatic carbocycles. The fourth-order valence-electron chi connectivity index (χ4n) is 2.25. The maximum atomic E-state index is 12.0. The normalized spacial score (nSPS) is 17.2. The van der Waals surface area contributed by atoms with Crippen molar-refractivity contribution < 1.29 is 0 Å². The van der Waals surface area contributed by atoms with Crippen LogP contribution in [0.1, 0.15) is 50.4 Å². The molecule has 1 aliphatic rings. The summed E-state index contributed by atoms with van der Waals surface area (Å²) in [5.41, 5.74) is 1.89. The van der Waals surface area contributed by atoms with E-state index in [0.29, 0.717) is 5.92 Å². The van der Waals surface area contributed by atoms with Gasteiger partial charge in [-0.2, -0.15) is 0 Å². The molecule has 1 atom stereocenters. The smallest absolute Gasteiger partial charge is 0.271 e. The molecule has 0 radical (unpaired) electrons. The Hall–Kier alpha value is -1.58. The van der Waals surface area contributed by atoms with E-state index in [1.807, 2.05) is 6.07 Å². The van der Waals surface area contributed by atoms with Gasteiger partial charge in [-0.25, -0.2) is 9.50 Å². The van der Waals surface area contributed by atoms with Crippen LogP contribution >= 0.6 is 0 Å². The van der Waals surface area contributed by atoms with E-state index in [1.165, 1.54) is 12.8 Å². The molecule has 0 aliphatic heterocycles. The number of aromatic nitrogens is 3. The molecule has 4 heteroatoms. The highest BCUT2D eigenvalue weighted by molar-refractivity contribution is 5.41. The van der Waals surface area contributed by atoms with Crippen LogP contribution in [-0.2, 0) is 6.42 Å². The molecule has 1 N–H and O–H groups in total. The Morgan fingerprint density at radius 3 is 2.94 bits per heavy atom. The fraction of sp³-hybridized carbons (Fsp3) is 0.571. The topological polar surface area (TPSA) is 50.2 Å². The largest absolute Gasteiger partial charge is 0.276 e. The van der Waals surface area contributed by atoms with Gasteiger partial charge in [0.25, 0.3) is 5.56 Å². The van der Waals surface area contributed by atoms with Gasteiger partial charge in [0, 0.05) is 12.0 Å². The van der Waals surface area contributed by atoms with Crippen molar-refractivity contribution in [3.63, 3.8) is 0 Å². The second-order valence-electron chi connectivity index (χ2n) is 5.46. The summed E-state index contributed by atoms with van der Waals surface area (Å²) in [4.78, 5) is 16.6. The molecule has 1 saturated carbocycles. The van der Waals surface area contributed by atoms with Crippen molar-refractivity contribution in [2.75, 3.05) is 0 Å². The summed E-state index contributed by atoms with van der Waals surface area (Å²) in [5, 5.41) is 3.10. The van der Waals surface area contributed by atoms with Crippen molar-refractivity contribution >= 4 is 5.65 Å². The molecule has 2 aromatic heterocycles. The molecule has 4 nitrogen and oxygen atoms in total. The first-order chi connectivity index (χ1) is 8.67. The minimum Gasteiger partial charge on any atom is -0.276 e. The summed E-state index contributed by atoms with van der Waals surface area (Å²) in [6, 6.07) is 3.78. The van der Waals surface area contributed by atoms with Crippen LogP contribution in [0, 0.1) is 5.92 Å². The van der Waals surface area contributed by atoms with Gasteiger partial charge < -0.3 is 0 Å². The summed E-state index contributed by atoms with van der Waals surface area (Å²) in [6.07, 6.45) is 4.65. The summed E-state index contributed by atoms with van der Waals surface area (Å²) in [7, 11) is 0. The zero-order valence-corrected chi connectivity index (χ0v) is 10.9. The average Bonchev–Trinajstić information content (AvgIpc) is 3.04. The third kappa shape index (κ3) is 2.07. The summed E-state index contributed by atoms with van der Waals surface area (Å²) >= 11 is 0. The molecular weight excluding hydrogens is 226 g/mol. The van der Waals surface area contributed by atoms with Gasteiger partial charge in [-0.15, -0.1) is 0 Å². The van der Waals surface area contributed by atoms with Crippen LogP contribution in [0.3, 0.4) is 0 Å². The van der Waals surface area contributed by atoms with E-state index in [1.54, 1.807) is 10.6 Å². The Bertz CT molecular complexity index is 621. The molecule has 0 amide bonds. The number of nitrogens with one attached hydrogen (secondary N) is 1. The van der Waals surface area contributed by atoms with Crippen molar-refractivity contribution in [3.05, 3.63) is 33.9 Å². The number of rotatable bonds is 4. The number of hydrogen-bond donors (Lipinski definition) is 1. The van der Waals surface area contributed by atoms with Gasteiger partial charge in [0.1, 0.15) is 5.82 Å². The predicted molar refractivity (Wildman–Crippen MR) is 70.9 cm³/mol. The Kier molecular flexibility index (Phi) is 2.73. The molecular formula is C14H19N3O. The molecule has 96 valence electrons. The quantitative estimate of drug-likeness (QED) is 0.899. The van der Waals surface area contributed by atoms with E-state index < -0.39 is 0 Å². The van der Waals surface area contributed by atoms with Crippen molar-refractivity contribution in [1.29, 1.82) is 0 Å². The van der Waals surface area contributed by atoms with Crippen molar-refractivity contribution in [3.8, 4) is 0 Å². The van der Waals surface area contributed by atoms with Crippen LogP contribution < -0.4 is 5.56 Å². The van der Waals surface area contributed by atoms with Gasteiger partial charge >= 0.3 is 0 Å². The molecule has 0 saturated heterocycles. The van der Waals surface area contributed by atoms with Gasteiger partial charge in [-0.3, -0.25) is 9.89 Å². The van der Waals surface area contributed by atoms with Crippen molar-refractivity contribution in [2.24, 2.45) is 5.92 Å². The first-order valence-corrected chi connectivity index (χ1v) is 6.79. The second-order valence-corrected chi connectivity index (χ2v) is 5.46. The van der Waals surface area contributed by atoms with Gasteiger partial charge in [0.05, 0.1) is 0 Å². The Labute approximate surface area is 106 Å². The van der Waals surface area contributed by atoms with Crippen molar-refractivity contribution in [2.45, 2.75) is 45.4 Å². The number of aromatic amines is 1. The number of fused-ring (bicyclic) bond motifs is 1. The summed E-state index contributed by atoms with van der Waals surface area (Å²) in [6.45, 7) is 4.24. The average molecular weight is 245 g/mol. The summed E-state index contributed by atoms with van der Waals surface area (Å²) in [5.74, 6) is 2.05. The molecule has 3 rings (SSSR count). The van der Waals surface area contributed by atoms with Gasteiger partial charge in [0.15, 0.2) is 5.65 Å². The Balaban J connectivity index is 2.03. The Morgan fingerprint density at radius 1 is 1.50 bits per heavy atom. The highest BCUT2D eigenvalue weighted by Gasteiger charge is 2.22. The third-order valence-corrected chi connectivity index (χ3v) is 3.83. The van der Waals surface area contributed by atoms with E-state index in [4.69, 9.17) is 0 Å². The number of nitrogens with zero attached hydrogens (tertiary/aromatic N) is 2. The lowest BCUT2D eigenvalue weighted by Crippen LogP contribution is -2.14. The first-order valence-electron chi connectivity index (χ1n) is 6.79. The number of H-pyrrole nitrogens is 1. The summed E-state index contributed by atoms with van der Waals surface area (Å²) < 4.78 is 1.55. The lowest BCUT2D eigenvalue weighted by molar-refractivity contribution is 0.674. The number of hydrogen-bond acceptors (Lipinski definition) is 2. The lowest BCUT2D eigenvalue weighted by Gasteiger charge is -2.01. The minimum atomic E-state index is 0.00482. The fourth-order valence-corrected chi connectivity index (χ4v) is 2.25. The molecule has 0 spiro atoms. The van der Waals surface area contributed by atoms with Gasteiger partial charge in [0.2, 0.25) is 0 Å². The molecule has 0 bridgehead atoms. The molecule has 1 unspecified atom stereocenters. The van der Waals surface area contributed by atoms with Gasteiger partial charge in [-0.1, -0.05) is 13.8 Å². The van der Waals surface area contributed by atoms with Crippen LogP contribution in [0.4, 0.5) is 0 Å². The predicted octanol–water partition coefficient (Wildman–Crippen LogP) is 2.49. The number of pyridine rings is 1. The molecule has 1 fully saturated rings. The lowest BCUT2D eigenvalue weighted by atomic mass is 10.1. The SMILES string of the molecule is CCC(C)c1nc2cc(CC3CC3)cc(=O)n2[nH]1. The zero-order valence-electron chi connectivity index (χ0n) is 10.9. The van der Waals surface area contributed by atoms with E-state index in [2.05, 4.69) is 23.9 Å². The van der Waals surface area contributed by atoms with E-state index in [9.17, 15) is 4.79 Å². The second kappa shape index (κ2) is 4.26. The van der Waals surface area contributed by atoms with Crippen LogP contribution in [0.2, 0.25) is 0 Å². The van der Waals surface area contributed by atoms with Crippen molar-refractivity contribution in [1.82, 2.24) is 14.6 Å². The molecule has 0 aromatic carbocycles. The highest BCUT2D eigenvalue weighted by Crippen LogP contribution is 2.32. The zero-order chi connectivity index (χ0) is 12.7. The maximum Gasteiger partial charge on any atom is 0.271 e. The van der Waals surface area contributed by atoms with E-state index in [-0.39, 0.29) is 5.56 Å². The standard InChI is InChI=1S/C14H19N3O/c1-3-9(2)14-15-12-7-11(6-10-4-5-10)8-13(18)17(12)16-14/h7-10H,3-6H2,1-2H3,(H,15,16). The monoisotopic (exact) mass is 245 g/mol. The maximum absolute atomic E-state index is 12.0. The third-order valence-electron chi connectivity index (χ3n) is 3.83. The highest BCUT2D eigenvalue weighted by atomic mass is 16.1. The van der Waals surface area contributed by atoms with Crippen LogP contribution in [-0.4, -0.2) is 14.6 Å². The molecule has 2 aromatic rings. The van der Waals surface area contributed by atoms with Crippen LogP contribution in [0.25, 0.3) is 5.65 Å². The molecule has 2 heterocycles. The van der Waals surface area contributed by atoms with E-state index >= 15 is 0 Å². The minimum absolute atomic E-state index is 0.00482.